The van der Waals surface area contributed by atoms with E-state index in [1.807, 2.05) is 0 Å². The molecule has 1 aliphatic rings. The normalized spacial score (nSPS) is 17.6. The quantitative estimate of drug-likeness (QED) is 0.748. The molecule has 0 bridgehead atoms. The number of rotatable bonds is 2. The maximum absolute atomic E-state index is 11.3. The zero-order valence-electron chi connectivity index (χ0n) is 8.53. The van der Waals surface area contributed by atoms with Crippen LogP contribution in [0.25, 0.3) is 0 Å². The van der Waals surface area contributed by atoms with Crippen molar-refractivity contribution in [1.29, 1.82) is 0 Å². The highest BCUT2D eigenvalue weighted by atomic mass is 16.1. The van der Waals surface area contributed by atoms with Gasteiger partial charge < -0.3 is 4.98 Å². The van der Waals surface area contributed by atoms with Gasteiger partial charge in [-0.15, -0.1) is 0 Å². The summed E-state index contributed by atoms with van der Waals surface area (Å²) in [5.74, 6) is 0.503. The van der Waals surface area contributed by atoms with Crippen molar-refractivity contribution in [2.75, 3.05) is 0 Å². The number of hydrogen-bond acceptors (Lipinski definition) is 3. The lowest BCUT2D eigenvalue weighted by molar-refractivity contribution is 0.111. The molecule has 1 aliphatic carbocycles. The first-order valence-electron chi connectivity index (χ1n) is 5.36. The third kappa shape index (κ3) is 2.32. The van der Waals surface area contributed by atoms with E-state index < -0.39 is 0 Å². The van der Waals surface area contributed by atoms with Gasteiger partial charge in [-0.05, 0) is 12.8 Å². The summed E-state index contributed by atoms with van der Waals surface area (Å²) in [4.78, 5) is 28.4. The summed E-state index contributed by atoms with van der Waals surface area (Å²) in [6.45, 7) is 0. The van der Waals surface area contributed by atoms with E-state index in [4.69, 9.17) is 0 Å². The Kier molecular flexibility index (Phi) is 2.94. The summed E-state index contributed by atoms with van der Waals surface area (Å²) in [5, 5.41) is 0. The second kappa shape index (κ2) is 4.38. The van der Waals surface area contributed by atoms with Crippen LogP contribution in [0.4, 0.5) is 0 Å². The lowest BCUT2D eigenvalue weighted by Gasteiger charge is -2.20. The van der Waals surface area contributed by atoms with Crippen molar-refractivity contribution < 1.29 is 4.79 Å². The van der Waals surface area contributed by atoms with Crippen molar-refractivity contribution in [3.05, 3.63) is 27.9 Å². The van der Waals surface area contributed by atoms with E-state index in [-0.39, 0.29) is 11.4 Å². The van der Waals surface area contributed by atoms with Gasteiger partial charge >= 0.3 is 0 Å². The molecule has 0 spiro atoms. The summed E-state index contributed by atoms with van der Waals surface area (Å²) in [6.07, 6.45) is 6.39. The first-order valence-corrected chi connectivity index (χ1v) is 5.36. The molecule has 0 aromatic carbocycles. The molecule has 1 N–H and O–H groups in total. The Labute approximate surface area is 87.7 Å². The van der Waals surface area contributed by atoms with Crippen LogP contribution in [-0.4, -0.2) is 16.3 Å². The Morgan fingerprint density at radius 1 is 1.33 bits per heavy atom. The van der Waals surface area contributed by atoms with E-state index in [0.717, 1.165) is 18.5 Å². The minimum atomic E-state index is -0.229. The van der Waals surface area contributed by atoms with Crippen LogP contribution in [0.5, 0.6) is 0 Å². The highest BCUT2D eigenvalue weighted by Crippen LogP contribution is 2.30. The van der Waals surface area contributed by atoms with Crippen molar-refractivity contribution in [1.82, 2.24) is 9.97 Å². The molecule has 15 heavy (non-hydrogen) atoms. The highest BCUT2D eigenvalue weighted by Gasteiger charge is 2.17. The van der Waals surface area contributed by atoms with E-state index in [1.54, 1.807) is 0 Å². The maximum atomic E-state index is 11.3. The van der Waals surface area contributed by atoms with Crippen molar-refractivity contribution in [3.63, 3.8) is 0 Å². The Hall–Kier alpha value is -1.45. The molecule has 0 atom stereocenters. The van der Waals surface area contributed by atoms with Gasteiger partial charge in [-0.2, -0.15) is 0 Å². The standard InChI is InChI=1S/C11H14N2O2/c14-7-10-12-9(6-11(15)13-10)8-4-2-1-3-5-8/h6-8H,1-5H2,(H,12,13,15). The van der Waals surface area contributed by atoms with Crippen molar-refractivity contribution >= 4 is 6.29 Å². The average Bonchev–Trinajstić information content (AvgIpc) is 2.29. The third-order valence-electron chi connectivity index (χ3n) is 2.91. The Morgan fingerprint density at radius 2 is 2.07 bits per heavy atom. The fraction of sp³-hybridized carbons (Fsp3) is 0.545. The zero-order chi connectivity index (χ0) is 10.7. The van der Waals surface area contributed by atoms with Crippen LogP contribution in [0.1, 0.15) is 54.3 Å². The first kappa shape index (κ1) is 10.1. The van der Waals surface area contributed by atoms with Gasteiger partial charge in [-0.25, -0.2) is 4.98 Å². The van der Waals surface area contributed by atoms with Crippen LogP contribution < -0.4 is 5.56 Å². The van der Waals surface area contributed by atoms with E-state index in [9.17, 15) is 9.59 Å². The summed E-state index contributed by atoms with van der Waals surface area (Å²) in [6, 6.07) is 1.52. The van der Waals surface area contributed by atoms with Crippen LogP contribution in [0.15, 0.2) is 10.9 Å². The Morgan fingerprint density at radius 3 is 2.73 bits per heavy atom. The lowest BCUT2D eigenvalue weighted by Crippen LogP contribution is -2.16. The van der Waals surface area contributed by atoms with E-state index in [2.05, 4.69) is 9.97 Å². The molecular formula is C11H14N2O2. The predicted octanol–water partition coefficient (Wildman–Crippen LogP) is 1.63. The number of carbonyl (C=O) groups excluding carboxylic acids is 1. The number of nitrogens with one attached hydrogen (secondary N) is 1. The molecular weight excluding hydrogens is 192 g/mol. The molecule has 80 valence electrons. The van der Waals surface area contributed by atoms with Crippen LogP contribution in [0, 0.1) is 0 Å². The maximum Gasteiger partial charge on any atom is 0.251 e. The van der Waals surface area contributed by atoms with Crippen LogP contribution >= 0.6 is 0 Å². The van der Waals surface area contributed by atoms with Gasteiger partial charge in [0, 0.05) is 12.0 Å². The largest absolute Gasteiger partial charge is 0.304 e. The number of aromatic amines is 1. The number of aldehydes is 1. The number of nitrogens with zero attached hydrogens (tertiary/aromatic N) is 1. The minimum absolute atomic E-state index is 0.142. The van der Waals surface area contributed by atoms with Gasteiger partial charge in [0.2, 0.25) is 0 Å². The van der Waals surface area contributed by atoms with Crippen LogP contribution in [0.3, 0.4) is 0 Å². The molecule has 1 fully saturated rings. The van der Waals surface area contributed by atoms with Gasteiger partial charge in [0.05, 0.1) is 5.69 Å². The van der Waals surface area contributed by atoms with Crippen molar-refractivity contribution in [2.24, 2.45) is 0 Å². The predicted molar refractivity (Wildman–Crippen MR) is 56.1 cm³/mol. The molecule has 0 amide bonds. The lowest BCUT2D eigenvalue weighted by atomic mass is 9.87. The fourth-order valence-corrected chi connectivity index (χ4v) is 2.16. The number of hydrogen-bond donors (Lipinski definition) is 1. The molecule has 1 aromatic heterocycles. The van der Waals surface area contributed by atoms with Crippen LogP contribution in [-0.2, 0) is 0 Å². The molecule has 1 saturated carbocycles. The number of aromatic nitrogens is 2. The molecule has 0 aliphatic heterocycles. The molecule has 0 radical (unpaired) electrons. The van der Waals surface area contributed by atoms with Gasteiger partial charge in [0.25, 0.3) is 5.56 Å². The van der Waals surface area contributed by atoms with Gasteiger partial charge in [0.15, 0.2) is 12.1 Å². The smallest absolute Gasteiger partial charge is 0.251 e. The molecule has 1 heterocycles. The van der Waals surface area contributed by atoms with Crippen molar-refractivity contribution in [2.45, 2.75) is 38.0 Å². The van der Waals surface area contributed by atoms with Gasteiger partial charge in [0.1, 0.15) is 0 Å². The first-order chi connectivity index (χ1) is 7.29. The number of H-pyrrole nitrogens is 1. The number of carbonyl (C=O) groups is 1. The SMILES string of the molecule is O=Cc1nc(C2CCCCC2)cc(=O)[nH]1. The van der Waals surface area contributed by atoms with E-state index in [0.29, 0.717) is 12.2 Å². The summed E-state index contributed by atoms with van der Waals surface area (Å²) in [7, 11) is 0. The molecule has 4 heteroatoms. The fourth-order valence-electron chi connectivity index (χ4n) is 2.16. The molecule has 1 aromatic rings. The topological polar surface area (TPSA) is 62.8 Å². The Balaban J connectivity index is 2.29. The molecule has 0 saturated heterocycles. The second-order valence-corrected chi connectivity index (χ2v) is 4.01. The van der Waals surface area contributed by atoms with E-state index >= 15 is 0 Å². The summed E-state index contributed by atoms with van der Waals surface area (Å²) in [5.41, 5.74) is 0.549. The second-order valence-electron chi connectivity index (χ2n) is 4.01. The van der Waals surface area contributed by atoms with Gasteiger partial charge in [-0.3, -0.25) is 9.59 Å². The van der Waals surface area contributed by atoms with Crippen LogP contribution in [0.2, 0.25) is 0 Å². The summed E-state index contributed by atoms with van der Waals surface area (Å²) >= 11 is 0. The monoisotopic (exact) mass is 206 g/mol. The van der Waals surface area contributed by atoms with E-state index in [1.165, 1.54) is 25.3 Å². The molecule has 2 rings (SSSR count). The third-order valence-corrected chi connectivity index (χ3v) is 2.91. The van der Waals surface area contributed by atoms with Crippen molar-refractivity contribution in [3.8, 4) is 0 Å². The molecule has 0 unspecified atom stereocenters. The minimum Gasteiger partial charge on any atom is -0.304 e. The highest BCUT2D eigenvalue weighted by molar-refractivity contribution is 5.68. The molecule has 4 nitrogen and oxygen atoms in total. The van der Waals surface area contributed by atoms with Gasteiger partial charge in [-0.1, -0.05) is 19.3 Å². The zero-order valence-corrected chi connectivity index (χ0v) is 8.53. The average molecular weight is 206 g/mol. The Bertz CT molecular complexity index is 405. The summed E-state index contributed by atoms with van der Waals surface area (Å²) < 4.78 is 0.